The molecule has 0 aliphatic carbocycles. The Balaban J connectivity index is 0.811. The minimum atomic E-state index is -0.970. The molecule has 16 heteroatoms. The van der Waals surface area contributed by atoms with Gasteiger partial charge in [0.25, 0.3) is 11.8 Å². The predicted molar refractivity (Wildman–Crippen MR) is 215 cm³/mol. The fourth-order valence-electron chi connectivity index (χ4n) is 8.30. The van der Waals surface area contributed by atoms with Gasteiger partial charge in [-0.2, -0.15) is 10.1 Å². The van der Waals surface area contributed by atoms with Gasteiger partial charge >= 0.3 is 0 Å². The van der Waals surface area contributed by atoms with Crippen molar-refractivity contribution in [2.45, 2.75) is 44.7 Å². The minimum absolute atomic E-state index is 0.0945. The maximum absolute atomic E-state index is 13.4. The molecule has 9 rings (SSSR count). The standard InChI is InChI=1S/C40H38BrClN10O4/c1-49-36-29(35(48-49)46-34-30(41)3-2-4-31(34)42)19-43-40(47-36)44-25-6-5-23-13-14-50(21-24(23)17-25)20-22-11-15-51(16-12-22)26-7-8-27-28(18-26)39(56)52(38(27)55)32-9-10-33(53)45-37(32)54/h2-8,17-19,22,32H,9-16,20-21H2,1H3,(H,46,48)(H,43,44,47)(H,45,53,54). The van der Waals surface area contributed by atoms with Crippen LogP contribution < -0.4 is 20.9 Å². The van der Waals surface area contributed by atoms with Crippen molar-refractivity contribution in [2.75, 3.05) is 41.7 Å². The second kappa shape index (κ2) is 14.6. The Kier molecular flexibility index (Phi) is 9.46. The van der Waals surface area contributed by atoms with E-state index in [2.05, 4.69) is 70.0 Å². The molecule has 286 valence electrons. The van der Waals surface area contributed by atoms with Crippen molar-refractivity contribution < 1.29 is 19.2 Å². The van der Waals surface area contributed by atoms with Crippen molar-refractivity contribution in [3.8, 4) is 0 Å². The fraction of sp³-hybridized carbons (Fsp3) is 0.325. The molecule has 4 aliphatic heterocycles. The van der Waals surface area contributed by atoms with E-state index in [0.29, 0.717) is 39.5 Å². The third-order valence-electron chi connectivity index (χ3n) is 11.3. The first-order chi connectivity index (χ1) is 27.1. The van der Waals surface area contributed by atoms with E-state index in [4.69, 9.17) is 16.6 Å². The normalized spacial score (nSPS) is 19.0. The van der Waals surface area contributed by atoms with Gasteiger partial charge in [0.2, 0.25) is 17.8 Å². The molecule has 4 amide bonds. The lowest BCUT2D eigenvalue weighted by Crippen LogP contribution is -2.54. The van der Waals surface area contributed by atoms with Gasteiger partial charge in [0.1, 0.15) is 6.04 Å². The Hall–Kier alpha value is -5.38. The monoisotopic (exact) mass is 836 g/mol. The van der Waals surface area contributed by atoms with Crippen LogP contribution in [-0.4, -0.2) is 85.4 Å². The van der Waals surface area contributed by atoms with Gasteiger partial charge < -0.3 is 15.5 Å². The number of halogens is 2. The number of hydrogen-bond acceptors (Lipinski definition) is 11. The second-order valence-electron chi connectivity index (χ2n) is 14.8. The number of aryl methyl sites for hydroxylation is 1. The lowest BCUT2D eigenvalue weighted by atomic mass is 9.93. The number of rotatable bonds is 8. The highest BCUT2D eigenvalue weighted by molar-refractivity contribution is 9.10. The number of piperidine rings is 2. The minimum Gasteiger partial charge on any atom is -0.371 e. The van der Waals surface area contributed by atoms with Crippen LogP contribution in [0.15, 0.2) is 65.3 Å². The Labute approximate surface area is 335 Å². The molecule has 14 nitrogen and oxygen atoms in total. The first kappa shape index (κ1) is 36.3. The van der Waals surface area contributed by atoms with Gasteiger partial charge in [0, 0.05) is 68.2 Å². The number of carbonyl (C=O) groups is 4. The third-order valence-corrected chi connectivity index (χ3v) is 12.2. The van der Waals surface area contributed by atoms with E-state index in [1.54, 1.807) is 23.0 Å². The van der Waals surface area contributed by atoms with E-state index in [-0.39, 0.29) is 18.7 Å². The van der Waals surface area contributed by atoms with E-state index in [1.807, 2.05) is 31.3 Å². The number of nitrogens with one attached hydrogen (secondary N) is 3. The average molecular weight is 838 g/mol. The van der Waals surface area contributed by atoms with E-state index < -0.39 is 23.8 Å². The zero-order valence-electron chi connectivity index (χ0n) is 30.5. The Bertz CT molecular complexity index is 2430. The fourth-order valence-corrected chi connectivity index (χ4v) is 9.10. The van der Waals surface area contributed by atoms with Gasteiger partial charge in [-0.1, -0.05) is 23.7 Å². The maximum atomic E-state index is 13.4. The summed E-state index contributed by atoms with van der Waals surface area (Å²) in [5.74, 6) is -0.328. The summed E-state index contributed by atoms with van der Waals surface area (Å²) >= 11 is 9.98. The molecule has 0 saturated carbocycles. The first-order valence-corrected chi connectivity index (χ1v) is 19.9. The van der Waals surface area contributed by atoms with Crippen LogP contribution in [0.4, 0.5) is 28.8 Å². The molecule has 1 atom stereocenters. The number of imide groups is 2. The largest absolute Gasteiger partial charge is 0.371 e. The summed E-state index contributed by atoms with van der Waals surface area (Å²) in [7, 11) is 1.85. The number of nitrogens with zero attached hydrogens (tertiary/aromatic N) is 7. The van der Waals surface area contributed by atoms with Crippen molar-refractivity contribution in [1.82, 2.24) is 34.9 Å². The van der Waals surface area contributed by atoms with Crippen LogP contribution in [-0.2, 0) is 29.6 Å². The van der Waals surface area contributed by atoms with Gasteiger partial charge in [0.05, 0.1) is 27.2 Å². The van der Waals surface area contributed by atoms with Gasteiger partial charge in [-0.3, -0.25) is 34.3 Å². The molecule has 3 N–H and O–H groups in total. The van der Waals surface area contributed by atoms with E-state index >= 15 is 0 Å². The highest BCUT2D eigenvalue weighted by Gasteiger charge is 2.45. The average Bonchev–Trinajstić information content (AvgIpc) is 3.63. The molecular formula is C40H38BrClN10O4. The smallest absolute Gasteiger partial charge is 0.262 e. The summed E-state index contributed by atoms with van der Waals surface area (Å²) in [6.07, 6.45) is 5.01. The van der Waals surface area contributed by atoms with E-state index in [9.17, 15) is 19.2 Å². The van der Waals surface area contributed by atoms with Crippen molar-refractivity contribution >= 4 is 91.0 Å². The van der Waals surface area contributed by atoms with Crippen LogP contribution >= 0.6 is 27.5 Å². The number of aromatic nitrogens is 4. The number of hydrogen-bond donors (Lipinski definition) is 3. The maximum Gasteiger partial charge on any atom is 0.262 e. The highest BCUT2D eigenvalue weighted by atomic mass is 79.9. The SMILES string of the molecule is Cn1nc(Nc2c(Cl)cccc2Br)c2cnc(Nc3ccc4c(c3)CN(CC3CCN(c5ccc6c(c5)C(=O)N(C5CCC(=O)NC5=O)C6=O)CC3)CC4)nc21. The molecule has 2 saturated heterocycles. The number of fused-ring (bicyclic) bond motifs is 3. The number of para-hydroxylation sites is 1. The molecule has 0 bridgehead atoms. The number of amides is 4. The van der Waals surface area contributed by atoms with Crippen LogP contribution in [0.25, 0.3) is 11.0 Å². The molecule has 2 aromatic heterocycles. The Morgan fingerprint density at radius 2 is 1.73 bits per heavy atom. The van der Waals surface area contributed by atoms with E-state index in [1.165, 1.54) is 11.1 Å². The van der Waals surface area contributed by atoms with Crippen molar-refractivity contribution in [3.63, 3.8) is 0 Å². The molecule has 3 aromatic carbocycles. The molecule has 0 radical (unpaired) electrons. The van der Waals surface area contributed by atoms with Crippen molar-refractivity contribution in [3.05, 3.63) is 92.5 Å². The van der Waals surface area contributed by atoms with Crippen LogP contribution in [0.5, 0.6) is 0 Å². The summed E-state index contributed by atoms with van der Waals surface area (Å²) in [6.45, 7) is 4.56. The summed E-state index contributed by atoms with van der Waals surface area (Å²) in [4.78, 5) is 65.8. The molecule has 2 fully saturated rings. The zero-order chi connectivity index (χ0) is 38.7. The van der Waals surface area contributed by atoms with Crippen molar-refractivity contribution in [1.29, 1.82) is 0 Å². The van der Waals surface area contributed by atoms with Gasteiger partial charge in [-0.15, -0.1) is 0 Å². The number of benzene rings is 3. The van der Waals surface area contributed by atoms with Crippen LogP contribution in [0.2, 0.25) is 5.02 Å². The molecule has 5 aromatic rings. The van der Waals surface area contributed by atoms with Crippen LogP contribution in [0.1, 0.15) is 57.5 Å². The topological polar surface area (TPSA) is 158 Å². The molecule has 6 heterocycles. The molecular weight excluding hydrogens is 800 g/mol. The van der Waals surface area contributed by atoms with Gasteiger partial charge in [-0.25, -0.2) is 9.67 Å². The van der Waals surface area contributed by atoms with Gasteiger partial charge in [0.15, 0.2) is 11.5 Å². The van der Waals surface area contributed by atoms with Gasteiger partial charge in [-0.05, 0) is 101 Å². The van der Waals surface area contributed by atoms with Crippen LogP contribution in [0, 0.1) is 5.92 Å². The first-order valence-electron chi connectivity index (χ1n) is 18.7. The summed E-state index contributed by atoms with van der Waals surface area (Å²) < 4.78 is 2.55. The Morgan fingerprint density at radius 3 is 2.54 bits per heavy atom. The Morgan fingerprint density at radius 1 is 0.911 bits per heavy atom. The van der Waals surface area contributed by atoms with Crippen molar-refractivity contribution in [2.24, 2.45) is 13.0 Å². The predicted octanol–water partition coefficient (Wildman–Crippen LogP) is 5.94. The lowest BCUT2D eigenvalue weighted by Gasteiger charge is -2.37. The quantitative estimate of drug-likeness (QED) is 0.159. The molecule has 56 heavy (non-hydrogen) atoms. The van der Waals surface area contributed by atoms with E-state index in [0.717, 1.165) is 83.8 Å². The molecule has 0 spiro atoms. The highest BCUT2D eigenvalue weighted by Crippen LogP contribution is 2.36. The number of anilines is 5. The molecule has 4 aliphatic rings. The molecule has 1 unspecified atom stereocenters. The lowest BCUT2D eigenvalue weighted by molar-refractivity contribution is -0.136. The van der Waals surface area contributed by atoms with Crippen LogP contribution in [0.3, 0.4) is 0 Å². The number of carbonyl (C=O) groups excluding carboxylic acids is 4. The summed E-state index contributed by atoms with van der Waals surface area (Å²) in [6, 6.07) is 16.5. The second-order valence-corrected chi connectivity index (χ2v) is 16.1. The summed E-state index contributed by atoms with van der Waals surface area (Å²) in [5.41, 5.74) is 6.49. The zero-order valence-corrected chi connectivity index (χ0v) is 32.9. The summed E-state index contributed by atoms with van der Waals surface area (Å²) in [5, 5.41) is 14.9. The third kappa shape index (κ3) is 6.77.